The van der Waals surface area contributed by atoms with Crippen molar-refractivity contribution in [2.45, 2.75) is 57.3 Å². The Bertz CT molecular complexity index is 813. The monoisotopic (exact) mass is 429 g/mol. The van der Waals surface area contributed by atoms with E-state index in [1.807, 2.05) is 6.92 Å². The summed E-state index contributed by atoms with van der Waals surface area (Å²) < 4.78 is 0. The zero-order valence-electron chi connectivity index (χ0n) is 19.1. The zero-order valence-corrected chi connectivity index (χ0v) is 19.1. The number of carbonyl (C=O) groups is 1. The summed E-state index contributed by atoms with van der Waals surface area (Å²) in [5.74, 6) is -0.0225. The first kappa shape index (κ1) is 23.7. The first-order chi connectivity index (χ1) is 15.8. The van der Waals surface area contributed by atoms with E-state index in [9.17, 15) is 4.79 Å². The molecule has 0 saturated carbocycles. The van der Waals surface area contributed by atoms with E-state index in [1.54, 1.807) is 0 Å². The highest BCUT2D eigenvalue weighted by Crippen LogP contribution is 2.43. The molecular formula is C29H35NO2. The van der Waals surface area contributed by atoms with Gasteiger partial charge in [0.05, 0.1) is 6.61 Å². The number of hydrogen-bond donors (Lipinski definition) is 1. The molecule has 3 aromatic rings. The second kappa shape index (κ2) is 12.8. The highest BCUT2D eigenvalue weighted by Gasteiger charge is 2.35. The molecule has 32 heavy (non-hydrogen) atoms. The van der Waals surface area contributed by atoms with Crippen molar-refractivity contribution in [1.82, 2.24) is 5.48 Å². The first-order valence-corrected chi connectivity index (χ1v) is 11.8. The maximum atomic E-state index is 11.8. The average Bonchev–Trinajstić information content (AvgIpc) is 2.85. The number of nitrogens with one attached hydrogen (secondary N) is 1. The van der Waals surface area contributed by atoms with Crippen LogP contribution in [0.5, 0.6) is 0 Å². The Balaban J connectivity index is 1.71. The van der Waals surface area contributed by atoms with Crippen molar-refractivity contribution < 1.29 is 9.63 Å². The molecule has 0 radical (unpaired) electrons. The van der Waals surface area contributed by atoms with Gasteiger partial charge in [0.15, 0.2) is 0 Å². The summed E-state index contributed by atoms with van der Waals surface area (Å²) in [4.78, 5) is 16.9. The van der Waals surface area contributed by atoms with Crippen LogP contribution < -0.4 is 5.48 Å². The topological polar surface area (TPSA) is 38.3 Å². The summed E-state index contributed by atoms with van der Waals surface area (Å²) in [6, 6.07) is 32.6. The van der Waals surface area contributed by atoms with E-state index in [0.717, 1.165) is 38.5 Å². The Morgan fingerprint density at radius 2 is 1.19 bits per heavy atom. The number of hydrogen-bond acceptors (Lipinski definition) is 2. The molecule has 0 bridgehead atoms. The fraction of sp³-hybridized carbons (Fsp3) is 0.345. The van der Waals surface area contributed by atoms with Gasteiger partial charge in [-0.2, -0.15) is 0 Å². The maximum absolute atomic E-state index is 11.8. The first-order valence-electron chi connectivity index (χ1n) is 11.8. The molecule has 0 heterocycles. The van der Waals surface area contributed by atoms with Gasteiger partial charge in [-0.05, 0) is 36.0 Å². The van der Waals surface area contributed by atoms with Gasteiger partial charge in [-0.25, -0.2) is 5.48 Å². The lowest BCUT2D eigenvalue weighted by Crippen LogP contribution is -2.29. The molecule has 168 valence electrons. The fourth-order valence-electron chi connectivity index (χ4n) is 4.41. The van der Waals surface area contributed by atoms with Gasteiger partial charge in [0.1, 0.15) is 0 Å². The largest absolute Gasteiger partial charge is 0.274 e. The summed E-state index contributed by atoms with van der Waals surface area (Å²) in [5, 5.41) is 0. The Morgan fingerprint density at radius 1 is 0.719 bits per heavy atom. The van der Waals surface area contributed by atoms with E-state index in [-0.39, 0.29) is 11.3 Å². The van der Waals surface area contributed by atoms with Crippen molar-refractivity contribution in [3.05, 3.63) is 108 Å². The van der Waals surface area contributed by atoms with Crippen LogP contribution in [0.15, 0.2) is 91.0 Å². The van der Waals surface area contributed by atoms with Crippen LogP contribution in [-0.4, -0.2) is 12.5 Å². The molecule has 1 N–H and O–H groups in total. The molecule has 0 saturated heterocycles. The van der Waals surface area contributed by atoms with E-state index in [2.05, 4.69) is 96.5 Å². The Morgan fingerprint density at radius 3 is 1.66 bits per heavy atom. The van der Waals surface area contributed by atoms with Crippen molar-refractivity contribution in [3.8, 4) is 0 Å². The zero-order chi connectivity index (χ0) is 22.5. The number of amides is 1. The third-order valence-electron chi connectivity index (χ3n) is 6.00. The van der Waals surface area contributed by atoms with Crippen molar-refractivity contribution in [2.24, 2.45) is 0 Å². The Hall–Kier alpha value is -2.91. The molecule has 0 aliphatic heterocycles. The van der Waals surface area contributed by atoms with Gasteiger partial charge in [-0.3, -0.25) is 9.63 Å². The SMILES string of the molecule is CCCONC(=O)CCCCCCC(c1ccccc1)(c1ccccc1)c1ccccc1. The highest BCUT2D eigenvalue weighted by molar-refractivity contribution is 5.74. The molecule has 3 heteroatoms. The smallest absolute Gasteiger partial charge is 0.243 e. The van der Waals surface area contributed by atoms with E-state index in [1.165, 1.54) is 16.7 Å². The molecule has 0 fully saturated rings. The number of rotatable bonds is 13. The average molecular weight is 430 g/mol. The van der Waals surface area contributed by atoms with E-state index >= 15 is 0 Å². The van der Waals surface area contributed by atoms with Gasteiger partial charge < -0.3 is 0 Å². The van der Waals surface area contributed by atoms with Gasteiger partial charge >= 0.3 is 0 Å². The van der Waals surface area contributed by atoms with Gasteiger partial charge in [-0.15, -0.1) is 0 Å². The number of unbranched alkanes of at least 4 members (excludes halogenated alkanes) is 3. The lowest BCUT2D eigenvalue weighted by molar-refractivity contribution is -0.133. The van der Waals surface area contributed by atoms with Crippen molar-refractivity contribution in [1.29, 1.82) is 0 Å². The lowest BCUT2D eigenvalue weighted by Gasteiger charge is -2.36. The predicted octanol–water partition coefficient (Wildman–Crippen LogP) is 6.82. The number of benzene rings is 3. The van der Waals surface area contributed by atoms with Crippen LogP contribution in [-0.2, 0) is 15.0 Å². The lowest BCUT2D eigenvalue weighted by atomic mass is 9.66. The molecule has 0 spiro atoms. The summed E-state index contributed by atoms with van der Waals surface area (Å²) >= 11 is 0. The van der Waals surface area contributed by atoms with Crippen molar-refractivity contribution in [2.75, 3.05) is 6.61 Å². The fourth-order valence-corrected chi connectivity index (χ4v) is 4.41. The van der Waals surface area contributed by atoms with Crippen LogP contribution in [0.3, 0.4) is 0 Å². The number of hydroxylamine groups is 1. The van der Waals surface area contributed by atoms with Gasteiger partial charge in [-0.1, -0.05) is 117 Å². The normalized spacial score (nSPS) is 11.3. The third kappa shape index (κ3) is 6.30. The van der Waals surface area contributed by atoms with Crippen LogP contribution in [0.4, 0.5) is 0 Å². The highest BCUT2D eigenvalue weighted by atomic mass is 16.6. The minimum atomic E-state index is -0.185. The van der Waals surface area contributed by atoms with E-state index < -0.39 is 0 Å². The van der Waals surface area contributed by atoms with Crippen molar-refractivity contribution >= 4 is 5.91 Å². The van der Waals surface area contributed by atoms with Crippen molar-refractivity contribution in [3.63, 3.8) is 0 Å². The summed E-state index contributed by atoms with van der Waals surface area (Å²) in [7, 11) is 0. The molecule has 0 atom stereocenters. The summed E-state index contributed by atoms with van der Waals surface area (Å²) in [6.07, 6.45) is 6.55. The minimum Gasteiger partial charge on any atom is -0.274 e. The van der Waals surface area contributed by atoms with Crippen LogP contribution in [0.2, 0.25) is 0 Å². The van der Waals surface area contributed by atoms with Gasteiger partial charge in [0.25, 0.3) is 0 Å². The minimum absolute atomic E-state index is 0.0225. The van der Waals surface area contributed by atoms with Crippen LogP contribution in [0.25, 0.3) is 0 Å². The van der Waals surface area contributed by atoms with Gasteiger partial charge in [0, 0.05) is 11.8 Å². The van der Waals surface area contributed by atoms with E-state index in [4.69, 9.17) is 4.84 Å². The molecule has 3 rings (SSSR count). The molecule has 3 aromatic carbocycles. The van der Waals surface area contributed by atoms with Crippen LogP contribution in [0.1, 0.15) is 68.6 Å². The molecule has 0 aliphatic carbocycles. The summed E-state index contributed by atoms with van der Waals surface area (Å²) in [6.45, 7) is 2.58. The Labute approximate surface area is 192 Å². The van der Waals surface area contributed by atoms with Gasteiger partial charge in [0.2, 0.25) is 5.91 Å². The molecule has 0 aliphatic rings. The summed E-state index contributed by atoms with van der Waals surface area (Å²) in [5.41, 5.74) is 6.31. The molecular weight excluding hydrogens is 394 g/mol. The Kier molecular flexibility index (Phi) is 9.52. The standard InChI is InChI=1S/C29H35NO2/c1-2-24-32-30-28(31)22-14-3-4-15-23-29(25-16-8-5-9-17-25,26-18-10-6-11-19-26)27-20-12-7-13-21-27/h5-13,16-21H,2-4,14-15,22-24H2,1H3,(H,30,31). The van der Waals surface area contributed by atoms with Crippen LogP contribution >= 0.6 is 0 Å². The van der Waals surface area contributed by atoms with E-state index in [0.29, 0.717) is 13.0 Å². The van der Waals surface area contributed by atoms with Crippen LogP contribution in [0, 0.1) is 0 Å². The quantitative estimate of drug-likeness (QED) is 0.184. The third-order valence-corrected chi connectivity index (χ3v) is 6.00. The molecule has 3 nitrogen and oxygen atoms in total. The molecule has 0 unspecified atom stereocenters. The molecule has 1 amide bonds. The number of carbonyl (C=O) groups excluding carboxylic acids is 1. The predicted molar refractivity (Wildman–Crippen MR) is 131 cm³/mol. The maximum Gasteiger partial charge on any atom is 0.243 e. The second-order valence-corrected chi connectivity index (χ2v) is 8.29. The second-order valence-electron chi connectivity index (χ2n) is 8.29. The molecule has 0 aromatic heterocycles.